The van der Waals surface area contributed by atoms with E-state index in [4.69, 9.17) is 5.73 Å². The van der Waals surface area contributed by atoms with Gasteiger partial charge in [0.15, 0.2) is 0 Å². The molecule has 0 aliphatic carbocycles. The topological polar surface area (TPSA) is 41.3 Å². The van der Waals surface area contributed by atoms with Crippen LogP contribution in [0.4, 0.5) is 15.8 Å². The van der Waals surface area contributed by atoms with Gasteiger partial charge < -0.3 is 16.0 Å². The number of hydrogen-bond donors (Lipinski definition) is 2. The number of fused-ring (bicyclic) bond motifs is 1. The summed E-state index contributed by atoms with van der Waals surface area (Å²) in [4.78, 5) is 2.11. The lowest BCUT2D eigenvalue weighted by molar-refractivity contribution is 0.516. The Morgan fingerprint density at radius 1 is 1.50 bits per heavy atom. The molecule has 1 aromatic carbocycles. The number of nitrogens with zero attached hydrogens (tertiary/aromatic N) is 1. The second-order valence-corrected chi connectivity index (χ2v) is 4.93. The van der Waals surface area contributed by atoms with Gasteiger partial charge in [-0.05, 0) is 39.0 Å². The predicted molar refractivity (Wildman–Crippen MR) is 65.1 cm³/mol. The quantitative estimate of drug-likeness (QED) is 0.807. The van der Waals surface area contributed by atoms with Crippen molar-refractivity contribution >= 4 is 11.4 Å². The maximum absolute atomic E-state index is 13.2. The second kappa shape index (κ2) is 3.63. The molecule has 0 saturated carbocycles. The van der Waals surface area contributed by atoms with Gasteiger partial charge in [-0.2, -0.15) is 0 Å². The van der Waals surface area contributed by atoms with Crippen molar-refractivity contribution in [2.45, 2.75) is 32.5 Å². The summed E-state index contributed by atoms with van der Waals surface area (Å²) in [6.45, 7) is 6.78. The number of hydrogen-bond acceptors (Lipinski definition) is 3. The monoisotopic (exact) mass is 223 g/mol. The van der Waals surface area contributed by atoms with E-state index in [2.05, 4.69) is 24.1 Å². The molecule has 0 amide bonds. The van der Waals surface area contributed by atoms with E-state index >= 15 is 0 Å². The molecule has 4 heteroatoms. The molecule has 1 atom stereocenters. The second-order valence-electron chi connectivity index (χ2n) is 4.93. The van der Waals surface area contributed by atoms with E-state index in [1.165, 1.54) is 6.07 Å². The molecular formula is C12H18FN3. The Labute approximate surface area is 95.4 Å². The molecule has 1 aliphatic heterocycles. The number of nitrogens with one attached hydrogen (secondary N) is 1. The molecular weight excluding hydrogens is 205 g/mol. The van der Waals surface area contributed by atoms with Gasteiger partial charge in [-0.25, -0.2) is 4.39 Å². The van der Waals surface area contributed by atoms with Crippen molar-refractivity contribution in [3.63, 3.8) is 0 Å². The third-order valence-corrected chi connectivity index (χ3v) is 2.84. The van der Waals surface area contributed by atoms with E-state index in [9.17, 15) is 4.39 Å². The SMILES string of the molecule is CC(N)CN1c2cc(F)ccc2NC1(C)C. The molecule has 0 aromatic heterocycles. The molecule has 0 saturated heterocycles. The van der Waals surface area contributed by atoms with Crippen LogP contribution in [0, 0.1) is 5.82 Å². The fourth-order valence-corrected chi connectivity index (χ4v) is 2.15. The molecule has 1 heterocycles. The highest BCUT2D eigenvalue weighted by molar-refractivity contribution is 5.77. The van der Waals surface area contributed by atoms with Crippen molar-refractivity contribution in [3.05, 3.63) is 24.0 Å². The van der Waals surface area contributed by atoms with Crippen LogP contribution in [0.1, 0.15) is 20.8 Å². The van der Waals surface area contributed by atoms with Crippen molar-refractivity contribution in [2.24, 2.45) is 5.73 Å². The Morgan fingerprint density at radius 2 is 2.19 bits per heavy atom. The first-order valence-electron chi connectivity index (χ1n) is 5.51. The number of rotatable bonds is 2. The predicted octanol–water partition coefficient (Wildman–Crippen LogP) is 2.14. The van der Waals surface area contributed by atoms with Crippen LogP contribution in [0.5, 0.6) is 0 Å². The molecule has 0 bridgehead atoms. The smallest absolute Gasteiger partial charge is 0.125 e. The largest absolute Gasteiger partial charge is 0.361 e. The first-order valence-corrected chi connectivity index (χ1v) is 5.51. The van der Waals surface area contributed by atoms with Crippen molar-refractivity contribution in [3.8, 4) is 0 Å². The highest BCUT2D eigenvalue weighted by atomic mass is 19.1. The zero-order chi connectivity index (χ0) is 11.9. The molecule has 0 radical (unpaired) electrons. The Bertz CT molecular complexity index is 401. The summed E-state index contributed by atoms with van der Waals surface area (Å²) >= 11 is 0. The Kier molecular flexibility index (Phi) is 2.54. The molecule has 2 rings (SSSR count). The minimum absolute atomic E-state index is 0.0512. The summed E-state index contributed by atoms with van der Waals surface area (Å²) in [5, 5.41) is 3.36. The van der Waals surface area contributed by atoms with Gasteiger partial charge in [-0.1, -0.05) is 0 Å². The van der Waals surface area contributed by atoms with E-state index in [-0.39, 0.29) is 17.5 Å². The number of nitrogens with two attached hydrogens (primary N) is 1. The lowest BCUT2D eigenvalue weighted by Crippen LogP contribution is -2.49. The van der Waals surface area contributed by atoms with Crippen molar-refractivity contribution in [1.82, 2.24) is 0 Å². The van der Waals surface area contributed by atoms with Crippen LogP contribution in [0.2, 0.25) is 0 Å². The fourth-order valence-electron chi connectivity index (χ4n) is 2.15. The van der Waals surface area contributed by atoms with Gasteiger partial charge in [0.2, 0.25) is 0 Å². The molecule has 16 heavy (non-hydrogen) atoms. The molecule has 3 N–H and O–H groups in total. The maximum Gasteiger partial charge on any atom is 0.125 e. The molecule has 0 fully saturated rings. The number of halogens is 1. The van der Waals surface area contributed by atoms with Crippen LogP contribution >= 0.6 is 0 Å². The van der Waals surface area contributed by atoms with Crippen LogP contribution in [-0.2, 0) is 0 Å². The maximum atomic E-state index is 13.2. The fraction of sp³-hybridized carbons (Fsp3) is 0.500. The van der Waals surface area contributed by atoms with Crippen LogP contribution in [0.15, 0.2) is 18.2 Å². The summed E-state index contributed by atoms with van der Waals surface area (Å²) in [5.41, 5.74) is 7.46. The Balaban J connectivity index is 2.39. The van der Waals surface area contributed by atoms with Crippen molar-refractivity contribution < 1.29 is 4.39 Å². The first-order chi connectivity index (χ1) is 7.40. The van der Waals surface area contributed by atoms with E-state index in [0.29, 0.717) is 6.54 Å². The number of anilines is 2. The molecule has 88 valence electrons. The third-order valence-electron chi connectivity index (χ3n) is 2.84. The summed E-state index contributed by atoms with van der Waals surface area (Å²) in [6.07, 6.45) is 0. The van der Waals surface area contributed by atoms with Crippen LogP contribution in [-0.4, -0.2) is 18.2 Å². The minimum atomic E-state index is -0.218. The highest BCUT2D eigenvalue weighted by Gasteiger charge is 2.35. The van der Waals surface area contributed by atoms with Crippen LogP contribution in [0.25, 0.3) is 0 Å². The van der Waals surface area contributed by atoms with E-state index < -0.39 is 0 Å². The molecule has 3 nitrogen and oxygen atoms in total. The lowest BCUT2D eigenvalue weighted by atomic mass is 10.2. The highest BCUT2D eigenvalue weighted by Crippen LogP contribution is 2.39. The minimum Gasteiger partial charge on any atom is -0.361 e. The average molecular weight is 223 g/mol. The van der Waals surface area contributed by atoms with Gasteiger partial charge in [0, 0.05) is 12.6 Å². The van der Waals surface area contributed by atoms with Gasteiger partial charge >= 0.3 is 0 Å². The summed E-state index contributed by atoms with van der Waals surface area (Å²) in [5.74, 6) is -0.215. The van der Waals surface area contributed by atoms with Gasteiger partial charge in [0.05, 0.1) is 11.4 Å². The summed E-state index contributed by atoms with van der Waals surface area (Å²) < 4.78 is 13.2. The normalized spacial score (nSPS) is 19.2. The van der Waals surface area contributed by atoms with Crippen molar-refractivity contribution in [1.29, 1.82) is 0 Å². The average Bonchev–Trinajstić information content (AvgIpc) is 2.38. The standard InChI is InChI=1S/C12H18FN3/c1-8(14)7-16-11-6-9(13)4-5-10(11)15-12(16,2)3/h4-6,8,15H,7,14H2,1-3H3. The Hall–Kier alpha value is -1.29. The molecule has 1 unspecified atom stereocenters. The van der Waals surface area contributed by atoms with E-state index in [0.717, 1.165) is 11.4 Å². The van der Waals surface area contributed by atoms with E-state index in [1.54, 1.807) is 12.1 Å². The van der Waals surface area contributed by atoms with Gasteiger partial charge in [-0.3, -0.25) is 0 Å². The van der Waals surface area contributed by atoms with Crippen LogP contribution in [0.3, 0.4) is 0 Å². The Morgan fingerprint density at radius 3 is 2.81 bits per heavy atom. The van der Waals surface area contributed by atoms with Gasteiger partial charge in [0.1, 0.15) is 11.5 Å². The van der Waals surface area contributed by atoms with Gasteiger partial charge in [-0.15, -0.1) is 0 Å². The third kappa shape index (κ3) is 1.85. The van der Waals surface area contributed by atoms with Crippen molar-refractivity contribution in [2.75, 3.05) is 16.8 Å². The lowest BCUT2D eigenvalue weighted by Gasteiger charge is -2.35. The zero-order valence-electron chi connectivity index (χ0n) is 9.92. The molecule has 0 spiro atoms. The molecule has 1 aromatic rings. The molecule has 1 aliphatic rings. The van der Waals surface area contributed by atoms with Gasteiger partial charge in [0.25, 0.3) is 0 Å². The summed E-state index contributed by atoms with van der Waals surface area (Å²) in [7, 11) is 0. The first kappa shape index (κ1) is 11.2. The zero-order valence-corrected chi connectivity index (χ0v) is 9.92. The van der Waals surface area contributed by atoms with E-state index in [1.807, 2.05) is 6.92 Å². The van der Waals surface area contributed by atoms with Crippen LogP contribution < -0.4 is 16.0 Å². The summed E-state index contributed by atoms with van der Waals surface area (Å²) in [6, 6.07) is 4.85. The number of benzene rings is 1.